The number of carbonyl (C=O) groups excluding carboxylic acids is 1. The maximum atomic E-state index is 12.6. The van der Waals surface area contributed by atoms with Crippen LogP contribution in [0.25, 0.3) is 0 Å². The molecule has 2 aliphatic heterocycles. The van der Waals surface area contributed by atoms with Crippen molar-refractivity contribution in [2.24, 2.45) is 0 Å². The van der Waals surface area contributed by atoms with Crippen molar-refractivity contribution in [1.82, 2.24) is 10.3 Å². The van der Waals surface area contributed by atoms with Crippen molar-refractivity contribution in [2.75, 3.05) is 25.1 Å². The minimum Gasteiger partial charge on any atom is -0.427 e. The predicted molar refractivity (Wildman–Crippen MR) is 93.4 cm³/mol. The third kappa shape index (κ3) is 3.24. The molecule has 0 aromatic carbocycles. The van der Waals surface area contributed by atoms with Crippen LogP contribution in [0.3, 0.4) is 0 Å². The van der Waals surface area contributed by atoms with Crippen LogP contribution in [0.2, 0.25) is 0 Å². The van der Waals surface area contributed by atoms with E-state index in [0.29, 0.717) is 29.7 Å². The number of hydrogen-bond acceptors (Lipinski definition) is 7. The van der Waals surface area contributed by atoms with Gasteiger partial charge in [-0.3, -0.25) is 10.1 Å². The standard InChI is InChI=1S/C17H19N3O4S/c1-9-6-12(10-3-5-23-8-10)24-16(22)14(9)15(21)20-17-19-11-2-4-18-7-13(11)25-17/h6,10,18H,2-5,7-8H2,1H3,(H,19,20,21). The van der Waals surface area contributed by atoms with Crippen molar-refractivity contribution in [3.05, 3.63) is 43.9 Å². The fraction of sp³-hybridized carbons (Fsp3) is 0.471. The Balaban J connectivity index is 1.57. The molecule has 0 radical (unpaired) electrons. The Morgan fingerprint density at radius 2 is 2.36 bits per heavy atom. The van der Waals surface area contributed by atoms with Crippen LogP contribution in [-0.4, -0.2) is 30.6 Å². The summed E-state index contributed by atoms with van der Waals surface area (Å²) in [6.45, 7) is 4.62. The maximum absolute atomic E-state index is 12.6. The molecule has 1 amide bonds. The van der Waals surface area contributed by atoms with Crippen molar-refractivity contribution >= 4 is 22.4 Å². The molecule has 2 aromatic rings. The lowest BCUT2D eigenvalue weighted by Gasteiger charge is -2.09. The van der Waals surface area contributed by atoms with E-state index < -0.39 is 11.5 Å². The van der Waals surface area contributed by atoms with Crippen molar-refractivity contribution < 1.29 is 13.9 Å². The summed E-state index contributed by atoms with van der Waals surface area (Å²) in [5.41, 5.74) is 1.05. The van der Waals surface area contributed by atoms with Crippen LogP contribution < -0.4 is 16.3 Å². The number of thiazole rings is 1. The lowest BCUT2D eigenvalue weighted by Crippen LogP contribution is -2.23. The Labute approximate surface area is 148 Å². The van der Waals surface area contributed by atoms with Gasteiger partial charge >= 0.3 is 5.63 Å². The molecule has 1 atom stereocenters. The molecule has 132 valence electrons. The Morgan fingerprint density at radius 1 is 1.48 bits per heavy atom. The lowest BCUT2D eigenvalue weighted by molar-refractivity contribution is 0.102. The first-order valence-corrected chi connectivity index (χ1v) is 9.16. The molecule has 7 nitrogen and oxygen atoms in total. The smallest absolute Gasteiger partial charge is 0.349 e. The third-order valence-electron chi connectivity index (χ3n) is 4.55. The van der Waals surface area contributed by atoms with Crippen molar-refractivity contribution in [1.29, 1.82) is 0 Å². The summed E-state index contributed by atoms with van der Waals surface area (Å²) in [4.78, 5) is 30.5. The monoisotopic (exact) mass is 361 g/mol. The second kappa shape index (κ2) is 6.70. The molecule has 1 fully saturated rings. The largest absolute Gasteiger partial charge is 0.427 e. The van der Waals surface area contributed by atoms with Gasteiger partial charge in [-0.05, 0) is 25.0 Å². The van der Waals surface area contributed by atoms with Crippen LogP contribution in [-0.2, 0) is 17.7 Å². The molecule has 8 heteroatoms. The molecule has 2 aliphatic rings. The van der Waals surface area contributed by atoms with Gasteiger partial charge in [0.15, 0.2) is 5.13 Å². The molecule has 1 unspecified atom stereocenters. The Bertz CT molecular complexity index is 844. The summed E-state index contributed by atoms with van der Waals surface area (Å²) in [6, 6.07) is 1.77. The van der Waals surface area contributed by atoms with Crippen LogP contribution in [0.4, 0.5) is 5.13 Å². The number of ether oxygens (including phenoxy) is 1. The highest BCUT2D eigenvalue weighted by atomic mass is 32.1. The first kappa shape index (κ1) is 16.4. The van der Waals surface area contributed by atoms with Gasteiger partial charge in [0, 0.05) is 36.9 Å². The van der Waals surface area contributed by atoms with Gasteiger partial charge in [0.2, 0.25) is 0 Å². The average molecular weight is 361 g/mol. The van der Waals surface area contributed by atoms with E-state index in [4.69, 9.17) is 9.15 Å². The van der Waals surface area contributed by atoms with E-state index in [1.54, 1.807) is 13.0 Å². The fourth-order valence-corrected chi connectivity index (χ4v) is 4.18. The number of rotatable bonds is 3. The highest BCUT2D eigenvalue weighted by Gasteiger charge is 2.25. The minimum absolute atomic E-state index is 0.0361. The zero-order valence-electron chi connectivity index (χ0n) is 13.9. The first-order chi connectivity index (χ1) is 12.1. The molecule has 0 spiro atoms. The lowest BCUT2D eigenvalue weighted by atomic mass is 10.0. The van der Waals surface area contributed by atoms with E-state index in [1.165, 1.54) is 11.3 Å². The first-order valence-electron chi connectivity index (χ1n) is 8.35. The van der Waals surface area contributed by atoms with Gasteiger partial charge in [0.05, 0.1) is 12.3 Å². The van der Waals surface area contributed by atoms with Gasteiger partial charge in [0.25, 0.3) is 5.91 Å². The molecule has 4 rings (SSSR count). The van der Waals surface area contributed by atoms with Crippen molar-refractivity contribution in [3.8, 4) is 0 Å². The van der Waals surface area contributed by atoms with E-state index in [0.717, 1.165) is 36.5 Å². The van der Waals surface area contributed by atoms with Crippen LogP contribution in [0.5, 0.6) is 0 Å². The number of aryl methyl sites for hydroxylation is 1. The molecule has 0 bridgehead atoms. The van der Waals surface area contributed by atoms with Crippen molar-refractivity contribution in [3.63, 3.8) is 0 Å². The predicted octanol–water partition coefficient (Wildman–Crippen LogP) is 1.81. The quantitative estimate of drug-likeness (QED) is 0.866. The van der Waals surface area contributed by atoms with E-state index in [9.17, 15) is 9.59 Å². The van der Waals surface area contributed by atoms with Crippen LogP contribution >= 0.6 is 11.3 Å². The van der Waals surface area contributed by atoms with E-state index >= 15 is 0 Å². The number of aromatic nitrogens is 1. The maximum Gasteiger partial charge on any atom is 0.349 e. The summed E-state index contributed by atoms with van der Waals surface area (Å²) < 4.78 is 10.7. The summed E-state index contributed by atoms with van der Waals surface area (Å²) in [7, 11) is 0. The summed E-state index contributed by atoms with van der Waals surface area (Å²) >= 11 is 1.44. The molecule has 2 N–H and O–H groups in total. The summed E-state index contributed by atoms with van der Waals surface area (Å²) in [6.07, 6.45) is 1.67. The fourth-order valence-electron chi connectivity index (χ4n) is 3.20. The van der Waals surface area contributed by atoms with E-state index in [2.05, 4.69) is 15.6 Å². The molecule has 0 aliphatic carbocycles. The number of amides is 1. The summed E-state index contributed by atoms with van der Waals surface area (Å²) in [5, 5.41) is 6.53. The highest BCUT2D eigenvalue weighted by Crippen LogP contribution is 2.27. The molecule has 0 saturated carbocycles. The molecule has 4 heterocycles. The summed E-state index contributed by atoms with van der Waals surface area (Å²) in [5.74, 6) is 0.202. The minimum atomic E-state index is -0.609. The van der Waals surface area contributed by atoms with E-state index in [1.807, 2.05) is 0 Å². The van der Waals surface area contributed by atoms with Gasteiger partial charge in [-0.1, -0.05) is 0 Å². The van der Waals surface area contributed by atoms with Gasteiger partial charge in [-0.2, -0.15) is 0 Å². The Kier molecular flexibility index (Phi) is 4.41. The second-order valence-electron chi connectivity index (χ2n) is 6.32. The normalized spacial score (nSPS) is 19.6. The second-order valence-corrected chi connectivity index (χ2v) is 7.41. The number of nitrogens with one attached hydrogen (secondary N) is 2. The van der Waals surface area contributed by atoms with Crippen LogP contribution in [0, 0.1) is 6.92 Å². The van der Waals surface area contributed by atoms with Crippen LogP contribution in [0.1, 0.15) is 44.6 Å². The van der Waals surface area contributed by atoms with Crippen LogP contribution in [0.15, 0.2) is 15.3 Å². The number of nitrogens with zero attached hydrogens (tertiary/aromatic N) is 1. The number of anilines is 1. The highest BCUT2D eigenvalue weighted by molar-refractivity contribution is 7.15. The molecular formula is C17H19N3O4S. The number of fused-ring (bicyclic) bond motifs is 1. The SMILES string of the molecule is Cc1cc(C2CCOC2)oc(=O)c1C(=O)Nc1nc2c(s1)CNCC2. The molecule has 2 aromatic heterocycles. The topological polar surface area (TPSA) is 93.5 Å². The molecule has 25 heavy (non-hydrogen) atoms. The van der Waals surface area contributed by atoms with Gasteiger partial charge in [-0.25, -0.2) is 9.78 Å². The Morgan fingerprint density at radius 3 is 3.08 bits per heavy atom. The van der Waals surface area contributed by atoms with Crippen molar-refractivity contribution in [2.45, 2.75) is 32.2 Å². The molecule has 1 saturated heterocycles. The van der Waals surface area contributed by atoms with Gasteiger partial charge in [-0.15, -0.1) is 11.3 Å². The van der Waals surface area contributed by atoms with Gasteiger partial charge < -0.3 is 14.5 Å². The number of hydrogen-bond donors (Lipinski definition) is 2. The zero-order valence-corrected chi connectivity index (χ0v) is 14.7. The van der Waals surface area contributed by atoms with E-state index in [-0.39, 0.29) is 11.5 Å². The third-order valence-corrected chi connectivity index (χ3v) is 5.56. The van der Waals surface area contributed by atoms with Gasteiger partial charge in [0.1, 0.15) is 11.3 Å². The average Bonchev–Trinajstić information content (AvgIpc) is 3.23. The molecular weight excluding hydrogens is 342 g/mol. The number of carbonyl (C=O) groups is 1. The zero-order chi connectivity index (χ0) is 17.4. The Hall–Kier alpha value is -2.03.